The molecule has 2 aromatic carbocycles. The van der Waals surface area contributed by atoms with Crippen molar-refractivity contribution < 1.29 is 14.4 Å². The standard InChI is InChI=1S/C25H24ClN3O3.ClH/c1-14-11-22(32-28-14)24(30)23-19-12-18(20(26)13-21(19)27-25(23)31)17-5-3-15(4-6-17)16-7-9-29(2)10-8-16;/h3-6,11-13,16,27,31H,7-10H2,1-2H3;1H. The lowest BCUT2D eigenvalue weighted by Gasteiger charge is -2.29. The van der Waals surface area contributed by atoms with Gasteiger partial charge in [0.2, 0.25) is 17.4 Å². The number of carbonyl (C=O) groups excluding carboxylic acids is 1. The minimum atomic E-state index is -0.430. The van der Waals surface area contributed by atoms with Gasteiger partial charge in [0.25, 0.3) is 0 Å². The average Bonchev–Trinajstić information content (AvgIpc) is 3.35. The maximum atomic E-state index is 13.0. The Kier molecular flexibility index (Phi) is 6.52. The molecule has 0 saturated carbocycles. The number of nitrogens with zero attached hydrogens (tertiary/aromatic N) is 2. The summed E-state index contributed by atoms with van der Waals surface area (Å²) < 4.78 is 5.12. The number of likely N-dealkylation sites (tertiary alicyclic amines) is 1. The second-order valence-electron chi connectivity index (χ2n) is 8.59. The first-order valence-electron chi connectivity index (χ1n) is 10.7. The van der Waals surface area contributed by atoms with E-state index in [4.69, 9.17) is 16.1 Å². The molecule has 0 bridgehead atoms. The van der Waals surface area contributed by atoms with Crippen molar-refractivity contribution in [3.05, 3.63) is 70.1 Å². The zero-order chi connectivity index (χ0) is 22.4. The molecule has 1 aliphatic rings. The van der Waals surface area contributed by atoms with E-state index in [1.165, 1.54) is 5.56 Å². The Morgan fingerprint density at radius 3 is 2.52 bits per heavy atom. The molecule has 8 heteroatoms. The van der Waals surface area contributed by atoms with Gasteiger partial charge >= 0.3 is 0 Å². The largest absolute Gasteiger partial charge is 0.494 e. The van der Waals surface area contributed by atoms with E-state index >= 15 is 0 Å². The topological polar surface area (TPSA) is 82.4 Å². The van der Waals surface area contributed by atoms with Crippen LogP contribution >= 0.6 is 24.0 Å². The third-order valence-corrected chi connectivity index (χ3v) is 6.67. The summed E-state index contributed by atoms with van der Waals surface area (Å²) in [5.74, 6) is 0.0113. The van der Waals surface area contributed by atoms with Gasteiger partial charge in [0, 0.05) is 17.0 Å². The SMILES string of the molecule is Cc1cc(C(=O)c2c(O)[nH]c3cc(Cl)c(-c4ccc(C5CCN(C)CC5)cc4)cc23)on1.Cl. The first-order valence-corrected chi connectivity index (χ1v) is 11.1. The second-order valence-corrected chi connectivity index (χ2v) is 8.99. The third kappa shape index (κ3) is 4.38. The molecule has 33 heavy (non-hydrogen) atoms. The molecule has 1 aliphatic heterocycles. The number of nitrogens with one attached hydrogen (secondary N) is 1. The fraction of sp³-hybridized carbons (Fsp3) is 0.280. The van der Waals surface area contributed by atoms with Crippen LogP contribution in [0, 0.1) is 6.92 Å². The molecule has 0 amide bonds. The zero-order valence-corrected chi connectivity index (χ0v) is 20.0. The van der Waals surface area contributed by atoms with Crippen molar-refractivity contribution in [2.45, 2.75) is 25.7 Å². The summed E-state index contributed by atoms with van der Waals surface area (Å²) in [7, 11) is 2.17. The van der Waals surface area contributed by atoms with Crippen LogP contribution in [0.5, 0.6) is 5.88 Å². The predicted molar refractivity (Wildman–Crippen MR) is 132 cm³/mol. The van der Waals surface area contributed by atoms with Crippen LogP contribution in [0.15, 0.2) is 47.0 Å². The molecule has 1 fully saturated rings. The number of halogens is 2. The molecule has 0 unspecified atom stereocenters. The normalized spacial score (nSPS) is 15.0. The van der Waals surface area contributed by atoms with Crippen LogP contribution in [0.3, 0.4) is 0 Å². The highest BCUT2D eigenvalue weighted by atomic mass is 35.5. The fourth-order valence-electron chi connectivity index (χ4n) is 4.52. The van der Waals surface area contributed by atoms with Crippen LogP contribution in [0.2, 0.25) is 5.02 Å². The minimum absolute atomic E-state index is 0. The van der Waals surface area contributed by atoms with Gasteiger partial charge in [-0.2, -0.15) is 0 Å². The first-order chi connectivity index (χ1) is 15.4. The Labute approximate surface area is 202 Å². The lowest BCUT2D eigenvalue weighted by Crippen LogP contribution is -2.29. The number of fused-ring (bicyclic) bond motifs is 1. The van der Waals surface area contributed by atoms with Crippen molar-refractivity contribution in [3.8, 4) is 17.0 Å². The lowest BCUT2D eigenvalue weighted by atomic mass is 9.88. The lowest BCUT2D eigenvalue weighted by molar-refractivity contribution is 0.0999. The van der Waals surface area contributed by atoms with Crippen LogP contribution in [-0.2, 0) is 0 Å². The summed E-state index contributed by atoms with van der Waals surface area (Å²) >= 11 is 6.58. The molecular weight excluding hydrogens is 461 g/mol. The highest BCUT2D eigenvalue weighted by Crippen LogP contribution is 2.38. The highest BCUT2D eigenvalue weighted by Gasteiger charge is 2.24. The van der Waals surface area contributed by atoms with E-state index in [1.54, 1.807) is 19.1 Å². The maximum absolute atomic E-state index is 13.0. The Bertz CT molecular complexity index is 1300. The molecule has 5 rings (SSSR count). The van der Waals surface area contributed by atoms with Gasteiger partial charge in [-0.1, -0.05) is 41.0 Å². The molecule has 6 nitrogen and oxygen atoms in total. The van der Waals surface area contributed by atoms with E-state index < -0.39 is 5.78 Å². The number of ketones is 1. The van der Waals surface area contributed by atoms with E-state index in [1.807, 2.05) is 6.07 Å². The van der Waals surface area contributed by atoms with E-state index in [-0.39, 0.29) is 29.6 Å². The smallest absolute Gasteiger partial charge is 0.237 e. The van der Waals surface area contributed by atoms with Crippen molar-refractivity contribution in [3.63, 3.8) is 0 Å². The van der Waals surface area contributed by atoms with Crippen LogP contribution in [0.1, 0.15) is 46.1 Å². The number of piperidine rings is 1. The number of hydrogen-bond donors (Lipinski definition) is 2. The number of hydrogen-bond acceptors (Lipinski definition) is 5. The summed E-state index contributed by atoms with van der Waals surface area (Å²) in [6.45, 7) is 3.98. The minimum Gasteiger partial charge on any atom is -0.494 e. The molecule has 172 valence electrons. The molecule has 0 aliphatic carbocycles. The summed E-state index contributed by atoms with van der Waals surface area (Å²) in [5, 5.41) is 15.3. The van der Waals surface area contributed by atoms with E-state index in [0.717, 1.165) is 37.1 Å². The van der Waals surface area contributed by atoms with Gasteiger partial charge in [-0.05, 0) is 69.1 Å². The average molecular weight is 486 g/mol. The number of H-pyrrole nitrogens is 1. The Hall–Kier alpha value is -2.80. The zero-order valence-electron chi connectivity index (χ0n) is 18.4. The molecule has 1 saturated heterocycles. The van der Waals surface area contributed by atoms with Gasteiger partial charge in [0.1, 0.15) is 0 Å². The molecule has 0 radical (unpaired) electrons. The number of aromatic nitrogens is 2. The van der Waals surface area contributed by atoms with Gasteiger partial charge < -0.3 is 19.5 Å². The van der Waals surface area contributed by atoms with Gasteiger partial charge in [-0.25, -0.2) is 0 Å². The first kappa shape index (κ1) is 23.4. The molecule has 2 aromatic heterocycles. The van der Waals surface area contributed by atoms with Gasteiger partial charge in [-0.3, -0.25) is 4.79 Å². The Morgan fingerprint density at radius 2 is 1.88 bits per heavy atom. The number of rotatable bonds is 4. The van der Waals surface area contributed by atoms with Crippen LogP contribution in [-0.4, -0.2) is 46.1 Å². The van der Waals surface area contributed by atoms with Crippen molar-refractivity contribution in [1.82, 2.24) is 15.0 Å². The summed E-state index contributed by atoms with van der Waals surface area (Å²) in [5.41, 5.74) is 4.44. The summed E-state index contributed by atoms with van der Waals surface area (Å²) in [6, 6.07) is 13.6. The monoisotopic (exact) mass is 485 g/mol. The molecule has 0 spiro atoms. The molecule has 2 N–H and O–H groups in total. The third-order valence-electron chi connectivity index (χ3n) is 6.36. The molecule has 0 atom stereocenters. The number of benzene rings is 2. The highest BCUT2D eigenvalue weighted by molar-refractivity contribution is 6.34. The fourth-order valence-corrected chi connectivity index (χ4v) is 4.80. The van der Waals surface area contributed by atoms with Crippen molar-refractivity contribution in [2.24, 2.45) is 0 Å². The van der Waals surface area contributed by atoms with Crippen molar-refractivity contribution in [1.29, 1.82) is 0 Å². The predicted octanol–water partition coefficient (Wildman–Crippen LogP) is 5.95. The van der Waals surface area contributed by atoms with E-state index in [2.05, 4.69) is 46.4 Å². The van der Waals surface area contributed by atoms with Crippen LogP contribution in [0.4, 0.5) is 0 Å². The summed E-state index contributed by atoms with van der Waals surface area (Å²) in [6.07, 6.45) is 2.33. The van der Waals surface area contributed by atoms with Gasteiger partial charge in [0.15, 0.2) is 0 Å². The second kappa shape index (κ2) is 9.21. The quantitative estimate of drug-likeness (QED) is 0.348. The summed E-state index contributed by atoms with van der Waals surface area (Å²) in [4.78, 5) is 18.2. The van der Waals surface area contributed by atoms with Crippen LogP contribution in [0.25, 0.3) is 22.0 Å². The number of aryl methyl sites for hydroxylation is 1. The van der Waals surface area contributed by atoms with Crippen molar-refractivity contribution in [2.75, 3.05) is 20.1 Å². The number of carbonyl (C=O) groups is 1. The van der Waals surface area contributed by atoms with E-state index in [9.17, 15) is 9.90 Å². The van der Waals surface area contributed by atoms with Crippen LogP contribution < -0.4 is 0 Å². The number of aromatic hydroxyl groups is 1. The molecule has 4 aromatic rings. The Balaban J connectivity index is 0.00000259. The Morgan fingerprint density at radius 1 is 1.18 bits per heavy atom. The molecular formula is C25H25Cl2N3O3. The van der Waals surface area contributed by atoms with Crippen molar-refractivity contribution >= 4 is 40.7 Å². The number of aromatic amines is 1. The van der Waals surface area contributed by atoms with Gasteiger partial charge in [0.05, 0.1) is 21.8 Å². The maximum Gasteiger partial charge on any atom is 0.237 e. The van der Waals surface area contributed by atoms with E-state index in [0.29, 0.717) is 27.5 Å². The van der Waals surface area contributed by atoms with Gasteiger partial charge in [-0.15, -0.1) is 12.4 Å². The molecule has 3 heterocycles.